The average Bonchev–Trinajstić information content (AvgIpc) is 2.40. The Morgan fingerprint density at radius 2 is 1.35 bits per heavy atom. The Labute approximate surface area is 121 Å². The zero-order valence-electron chi connectivity index (χ0n) is 12.4. The summed E-state index contributed by atoms with van der Waals surface area (Å²) in [5.74, 6) is 1.25. The second kappa shape index (κ2) is 5.76. The summed E-state index contributed by atoms with van der Waals surface area (Å²) < 4.78 is 10.4. The predicted molar refractivity (Wildman–Crippen MR) is 84.1 cm³/mol. The second-order valence-electron chi connectivity index (χ2n) is 4.66. The molecule has 1 unspecified atom stereocenters. The molecule has 0 N–H and O–H groups in total. The molecule has 20 heavy (non-hydrogen) atoms. The minimum absolute atomic E-state index is 0.619. The molecule has 106 valence electrons. The topological polar surface area (TPSA) is 44.2 Å². The third-order valence-corrected chi connectivity index (χ3v) is 3.70. The normalized spacial score (nSPS) is 10.5. The molecule has 2 rings (SSSR count). The van der Waals surface area contributed by atoms with Gasteiger partial charge in [0.1, 0.15) is 0 Å². The fraction of sp³-hybridized carbons (Fsp3) is 0.333. The van der Waals surface area contributed by atoms with E-state index in [1.165, 1.54) is 0 Å². The molecule has 0 spiro atoms. The van der Waals surface area contributed by atoms with E-state index >= 15 is 0 Å². The van der Waals surface area contributed by atoms with Gasteiger partial charge in [0, 0.05) is 34.6 Å². The van der Waals surface area contributed by atoms with Gasteiger partial charge in [0.05, 0.1) is 14.2 Å². The average molecular weight is 290 g/mol. The SMILES string of the molecule is COc1cc(C)c(-c2c(P)cc(OC)nc2C)c(C)n1. The molecule has 0 bridgehead atoms. The lowest BCUT2D eigenvalue weighted by Crippen LogP contribution is -2.07. The van der Waals surface area contributed by atoms with Crippen LogP contribution in [0.3, 0.4) is 0 Å². The summed E-state index contributed by atoms with van der Waals surface area (Å²) in [7, 11) is 6.00. The molecule has 0 fully saturated rings. The largest absolute Gasteiger partial charge is 0.481 e. The third-order valence-electron chi connectivity index (χ3n) is 3.25. The smallest absolute Gasteiger partial charge is 0.213 e. The Morgan fingerprint density at radius 1 is 0.850 bits per heavy atom. The van der Waals surface area contributed by atoms with Crippen molar-refractivity contribution >= 4 is 14.5 Å². The maximum absolute atomic E-state index is 5.21. The molecule has 0 saturated heterocycles. The molecule has 1 atom stereocenters. The van der Waals surface area contributed by atoms with Crippen LogP contribution in [0.25, 0.3) is 11.1 Å². The quantitative estimate of drug-likeness (QED) is 0.815. The fourth-order valence-electron chi connectivity index (χ4n) is 2.38. The van der Waals surface area contributed by atoms with E-state index in [9.17, 15) is 0 Å². The lowest BCUT2D eigenvalue weighted by Gasteiger charge is -2.16. The van der Waals surface area contributed by atoms with E-state index < -0.39 is 0 Å². The summed E-state index contributed by atoms with van der Waals surface area (Å²) in [5.41, 5.74) is 5.16. The molecule has 0 aliphatic carbocycles. The van der Waals surface area contributed by atoms with Crippen LogP contribution in [0.2, 0.25) is 0 Å². The highest BCUT2D eigenvalue weighted by Gasteiger charge is 2.16. The monoisotopic (exact) mass is 290 g/mol. The van der Waals surface area contributed by atoms with Crippen LogP contribution < -0.4 is 14.8 Å². The highest BCUT2D eigenvalue weighted by atomic mass is 31.0. The van der Waals surface area contributed by atoms with E-state index in [1.54, 1.807) is 14.2 Å². The first-order chi connectivity index (χ1) is 9.47. The van der Waals surface area contributed by atoms with Gasteiger partial charge in [0.15, 0.2) is 0 Å². The summed E-state index contributed by atoms with van der Waals surface area (Å²) in [5, 5.41) is 1.05. The van der Waals surface area contributed by atoms with E-state index in [2.05, 4.69) is 26.1 Å². The molecule has 0 aliphatic rings. The highest BCUT2D eigenvalue weighted by Crippen LogP contribution is 2.31. The molecule has 0 amide bonds. The molecule has 0 radical (unpaired) electrons. The van der Waals surface area contributed by atoms with Gasteiger partial charge >= 0.3 is 0 Å². The van der Waals surface area contributed by atoms with Gasteiger partial charge in [-0.25, -0.2) is 9.97 Å². The summed E-state index contributed by atoms with van der Waals surface area (Å²) in [6, 6.07) is 3.85. The third kappa shape index (κ3) is 2.61. The van der Waals surface area contributed by atoms with Crippen molar-refractivity contribution in [3.8, 4) is 22.9 Å². The van der Waals surface area contributed by atoms with Gasteiger partial charge in [-0.05, 0) is 31.6 Å². The van der Waals surface area contributed by atoms with Crippen molar-refractivity contribution in [2.45, 2.75) is 20.8 Å². The van der Waals surface area contributed by atoms with E-state index in [4.69, 9.17) is 9.47 Å². The van der Waals surface area contributed by atoms with Gasteiger partial charge in [-0.15, -0.1) is 9.24 Å². The molecule has 2 heterocycles. The second-order valence-corrected chi connectivity index (χ2v) is 5.28. The molecule has 5 heteroatoms. The van der Waals surface area contributed by atoms with Crippen molar-refractivity contribution in [3.63, 3.8) is 0 Å². The lowest BCUT2D eigenvalue weighted by atomic mass is 9.98. The van der Waals surface area contributed by atoms with E-state index in [0.29, 0.717) is 11.8 Å². The Morgan fingerprint density at radius 3 is 1.80 bits per heavy atom. The van der Waals surface area contributed by atoms with Gasteiger partial charge in [0.2, 0.25) is 11.8 Å². The summed E-state index contributed by atoms with van der Waals surface area (Å²) in [6.07, 6.45) is 0. The first kappa shape index (κ1) is 14.7. The number of ether oxygens (including phenoxy) is 2. The number of aromatic nitrogens is 2. The van der Waals surface area contributed by atoms with Crippen LogP contribution in [0, 0.1) is 20.8 Å². The Hall–Kier alpha value is -1.67. The molecule has 0 aromatic carbocycles. The molecular formula is C15H19N2O2P. The molecule has 0 aliphatic heterocycles. The summed E-state index contributed by atoms with van der Waals surface area (Å²) in [4.78, 5) is 8.92. The number of nitrogens with zero attached hydrogens (tertiary/aromatic N) is 2. The van der Waals surface area contributed by atoms with E-state index in [-0.39, 0.29) is 0 Å². The maximum atomic E-state index is 5.21. The molecule has 0 saturated carbocycles. The summed E-state index contributed by atoms with van der Waals surface area (Å²) in [6.45, 7) is 6.02. The van der Waals surface area contributed by atoms with Crippen LogP contribution in [-0.4, -0.2) is 24.2 Å². The number of methoxy groups -OCH3 is 2. The predicted octanol–water partition coefficient (Wildman–Crippen LogP) is 2.59. The van der Waals surface area contributed by atoms with Crippen LogP contribution >= 0.6 is 9.24 Å². The Balaban J connectivity index is 2.69. The van der Waals surface area contributed by atoms with Crippen LogP contribution in [0.4, 0.5) is 0 Å². The number of aryl methyl sites for hydroxylation is 3. The molecular weight excluding hydrogens is 271 g/mol. The van der Waals surface area contributed by atoms with Gasteiger partial charge in [-0.1, -0.05) is 0 Å². The van der Waals surface area contributed by atoms with Crippen molar-refractivity contribution in [3.05, 3.63) is 29.1 Å². The van der Waals surface area contributed by atoms with Crippen LogP contribution in [0.1, 0.15) is 17.0 Å². The Kier molecular flexibility index (Phi) is 4.24. The fourth-order valence-corrected chi connectivity index (χ4v) is 2.87. The first-order valence-corrected chi connectivity index (χ1v) is 6.89. The van der Waals surface area contributed by atoms with Crippen LogP contribution in [0.15, 0.2) is 12.1 Å². The standard InChI is InChI=1S/C15H19N2O2P/c1-8-6-12(18-4)16-9(2)14(8)15-10(3)17-13(19-5)7-11(15)20/h6-7H,20H2,1-5H3. The maximum Gasteiger partial charge on any atom is 0.213 e. The van der Waals surface area contributed by atoms with Crippen molar-refractivity contribution in [2.24, 2.45) is 0 Å². The van der Waals surface area contributed by atoms with E-state index in [1.807, 2.05) is 26.0 Å². The Bertz CT molecular complexity index is 553. The van der Waals surface area contributed by atoms with Crippen molar-refractivity contribution in [2.75, 3.05) is 14.2 Å². The summed E-state index contributed by atoms with van der Waals surface area (Å²) >= 11 is 0. The minimum atomic E-state index is 0.619. The number of rotatable bonds is 3. The van der Waals surface area contributed by atoms with Gasteiger partial charge < -0.3 is 9.47 Å². The molecule has 4 nitrogen and oxygen atoms in total. The number of pyridine rings is 2. The number of hydrogen-bond acceptors (Lipinski definition) is 4. The highest BCUT2D eigenvalue weighted by molar-refractivity contribution is 7.28. The van der Waals surface area contributed by atoms with Crippen LogP contribution in [0.5, 0.6) is 11.8 Å². The molecule has 2 aromatic rings. The number of hydrogen-bond donors (Lipinski definition) is 0. The van der Waals surface area contributed by atoms with Crippen molar-refractivity contribution in [1.29, 1.82) is 0 Å². The zero-order valence-corrected chi connectivity index (χ0v) is 13.6. The lowest BCUT2D eigenvalue weighted by molar-refractivity contribution is 0.396. The first-order valence-electron chi connectivity index (χ1n) is 6.31. The van der Waals surface area contributed by atoms with Gasteiger partial charge in [0.25, 0.3) is 0 Å². The molecule has 2 aromatic heterocycles. The van der Waals surface area contributed by atoms with Crippen molar-refractivity contribution < 1.29 is 9.47 Å². The van der Waals surface area contributed by atoms with Crippen LogP contribution in [-0.2, 0) is 0 Å². The minimum Gasteiger partial charge on any atom is -0.481 e. The zero-order chi connectivity index (χ0) is 14.9. The van der Waals surface area contributed by atoms with Crippen molar-refractivity contribution in [1.82, 2.24) is 9.97 Å². The van der Waals surface area contributed by atoms with E-state index in [0.717, 1.165) is 33.4 Å². The van der Waals surface area contributed by atoms with Gasteiger partial charge in [-0.2, -0.15) is 0 Å². The van der Waals surface area contributed by atoms with Gasteiger partial charge in [-0.3, -0.25) is 0 Å².